The summed E-state index contributed by atoms with van der Waals surface area (Å²) in [5.74, 6) is 0.544. The van der Waals surface area contributed by atoms with Crippen molar-refractivity contribution in [1.29, 1.82) is 0 Å². The number of hydrogen-bond donors (Lipinski definition) is 1. The van der Waals surface area contributed by atoms with Crippen LogP contribution in [0, 0.1) is 0 Å². The van der Waals surface area contributed by atoms with Crippen molar-refractivity contribution in [2.75, 3.05) is 6.54 Å². The summed E-state index contributed by atoms with van der Waals surface area (Å²) in [6, 6.07) is 3.80. The molecule has 1 atom stereocenters. The second-order valence-electron chi connectivity index (χ2n) is 4.23. The maximum absolute atomic E-state index is 11.9. The molecule has 0 spiro atoms. The lowest BCUT2D eigenvalue weighted by Crippen LogP contribution is -2.30. The first-order valence-electron chi connectivity index (χ1n) is 5.77. The van der Waals surface area contributed by atoms with Gasteiger partial charge in [0.2, 0.25) is 0 Å². The molecule has 1 unspecified atom stereocenters. The standard InChI is InChI=1S/C12H16BrNO2/c13-12-6-5-11(16-12)10(15)8-9-4-2-1-3-7-14-9/h5-6,9,14H,1-4,7-8H2. The maximum atomic E-state index is 11.9. The van der Waals surface area contributed by atoms with Gasteiger partial charge in [0.25, 0.3) is 0 Å². The van der Waals surface area contributed by atoms with Crippen molar-refractivity contribution in [2.45, 2.75) is 38.1 Å². The average Bonchev–Trinajstić information content (AvgIpc) is 2.54. The Bertz CT molecular complexity index is 354. The van der Waals surface area contributed by atoms with Crippen molar-refractivity contribution in [1.82, 2.24) is 5.32 Å². The van der Waals surface area contributed by atoms with Crippen LogP contribution in [0.2, 0.25) is 0 Å². The van der Waals surface area contributed by atoms with E-state index in [4.69, 9.17) is 4.42 Å². The molecule has 0 bridgehead atoms. The number of rotatable bonds is 3. The van der Waals surface area contributed by atoms with Gasteiger partial charge in [0.15, 0.2) is 16.2 Å². The number of carbonyl (C=O) groups excluding carboxylic acids is 1. The van der Waals surface area contributed by atoms with E-state index in [2.05, 4.69) is 21.2 Å². The van der Waals surface area contributed by atoms with E-state index in [-0.39, 0.29) is 5.78 Å². The number of furan rings is 1. The van der Waals surface area contributed by atoms with Gasteiger partial charge in [-0.25, -0.2) is 0 Å². The van der Waals surface area contributed by atoms with Crippen molar-refractivity contribution in [3.8, 4) is 0 Å². The predicted octanol–water partition coefficient (Wildman–Crippen LogP) is 3.15. The Kier molecular flexibility index (Phi) is 4.18. The fourth-order valence-corrected chi connectivity index (χ4v) is 2.37. The molecule has 0 saturated carbocycles. The molecule has 16 heavy (non-hydrogen) atoms. The van der Waals surface area contributed by atoms with Crippen LogP contribution in [0.15, 0.2) is 21.2 Å². The molecule has 4 heteroatoms. The van der Waals surface area contributed by atoms with E-state index < -0.39 is 0 Å². The van der Waals surface area contributed by atoms with Crippen LogP contribution < -0.4 is 5.32 Å². The summed E-state index contributed by atoms with van der Waals surface area (Å²) in [6.45, 7) is 1.03. The molecule has 2 heterocycles. The number of Topliss-reactive ketones (excluding diaryl/α,β-unsaturated/α-hetero) is 1. The SMILES string of the molecule is O=C(CC1CCCCCN1)c1ccc(Br)o1. The lowest BCUT2D eigenvalue weighted by atomic mass is 10.0. The first-order valence-corrected chi connectivity index (χ1v) is 6.57. The fourth-order valence-electron chi connectivity index (χ4n) is 2.06. The van der Waals surface area contributed by atoms with Crippen molar-refractivity contribution < 1.29 is 9.21 Å². The summed E-state index contributed by atoms with van der Waals surface area (Å²) < 4.78 is 5.87. The molecule has 2 rings (SSSR count). The molecule has 0 aliphatic carbocycles. The molecule has 1 N–H and O–H groups in total. The monoisotopic (exact) mass is 285 g/mol. The second-order valence-corrected chi connectivity index (χ2v) is 5.01. The van der Waals surface area contributed by atoms with Gasteiger partial charge in [-0.1, -0.05) is 12.8 Å². The normalized spacial score (nSPS) is 21.7. The Morgan fingerprint density at radius 3 is 3.06 bits per heavy atom. The van der Waals surface area contributed by atoms with Gasteiger partial charge in [-0.2, -0.15) is 0 Å². The van der Waals surface area contributed by atoms with E-state index in [1.54, 1.807) is 12.1 Å². The van der Waals surface area contributed by atoms with Crippen LogP contribution in [-0.2, 0) is 0 Å². The van der Waals surface area contributed by atoms with Crippen LogP contribution in [0.4, 0.5) is 0 Å². The van der Waals surface area contributed by atoms with Gasteiger partial charge in [0.05, 0.1) is 0 Å². The Labute approximate surface area is 104 Å². The van der Waals surface area contributed by atoms with Crippen molar-refractivity contribution in [3.05, 3.63) is 22.6 Å². The van der Waals surface area contributed by atoms with Crippen LogP contribution in [0.25, 0.3) is 0 Å². The zero-order valence-electron chi connectivity index (χ0n) is 9.17. The lowest BCUT2D eigenvalue weighted by Gasteiger charge is -2.13. The van der Waals surface area contributed by atoms with E-state index in [9.17, 15) is 4.79 Å². The molecule has 1 aliphatic heterocycles. The Balaban J connectivity index is 1.90. The quantitative estimate of drug-likeness (QED) is 0.868. The minimum atomic E-state index is 0.0881. The molecule has 88 valence electrons. The van der Waals surface area contributed by atoms with Gasteiger partial charge in [0.1, 0.15) is 0 Å². The molecule has 1 saturated heterocycles. The highest BCUT2D eigenvalue weighted by Crippen LogP contribution is 2.18. The molecule has 1 aromatic heterocycles. The zero-order valence-corrected chi connectivity index (χ0v) is 10.8. The number of carbonyl (C=O) groups is 1. The summed E-state index contributed by atoms with van der Waals surface area (Å²) >= 11 is 3.20. The fraction of sp³-hybridized carbons (Fsp3) is 0.583. The molecule has 0 amide bonds. The number of nitrogens with one attached hydrogen (secondary N) is 1. The summed E-state index contributed by atoms with van der Waals surface area (Å²) in [4.78, 5) is 11.9. The smallest absolute Gasteiger partial charge is 0.199 e. The molecule has 1 aliphatic rings. The minimum Gasteiger partial charge on any atom is -0.446 e. The third-order valence-electron chi connectivity index (χ3n) is 2.94. The van der Waals surface area contributed by atoms with Crippen LogP contribution >= 0.6 is 15.9 Å². The molecular weight excluding hydrogens is 270 g/mol. The third kappa shape index (κ3) is 3.19. The highest BCUT2D eigenvalue weighted by atomic mass is 79.9. The van der Waals surface area contributed by atoms with Crippen molar-refractivity contribution in [3.63, 3.8) is 0 Å². The number of ketones is 1. The predicted molar refractivity (Wildman–Crippen MR) is 65.6 cm³/mol. The summed E-state index contributed by atoms with van der Waals surface area (Å²) in [5, 5.41) is 3.41. The number of halogens is 1. The maximum Gasteiger partial charge on any atom is 0.199 e. The Morgan fingerprint density at radius 2 is 2.31 bits per heavy atom. The highest BCUT2D eigenvalue weighted by Gasteiger charge is 2.18. The summed E-state index contributed by atoms with van der Waals surface area (Å²) in [6.07, 6.45) is 5.33. The highest BCUT2D eigenvalue weighted by molar-refractivity contribution is 9.10. The van der Waals surface area contributed by atoms with Gasteiger partial charge in [-0.15, -0.1) is 0 Å². The van der Waals surface area contributed by atoms with Gasteiger partial charge in [-0.05, 0) is 47.4 Å². The van der Waals surface area contributed by atoms with Gasteiger partial charge < -0.3 is 9.73 Å². The molecule has 3 nitrogen and oxygen atoms in total. The molecule has 1 aromatic rings. The van der Waals surface area contributed by atoms with Crippen LogP contribution in [-0.4, -0.2) is 18.4 Å². The number of hydrogen-bond acceptors (Lipinski definition) is 3. The average molecular weight is 286 g/mol. The molecule has 0 aromatic carbocycles. The van der Waals surface area contributed by atoms with Crippen LogP contribution in [0.5, 0.6) is 0 Å². The minimum absolute atomic E-state index is 0.0881. The zero-order chi connectivity index (χ0) is 11.4. The van der Waals surface area contributed by atoms with Gasteiger partial charge in [-0.3, -0.25) is 4.79 Å². The van der Waals surface area contributed by atoms with E-state index in [0.29, 0.717) is 22.9 Å². The van der Waals surface area contributed by atoms with Crippen LogP contribution in [0.3, 0.4) is 0 Å². The lowest BCUT2D eigenvalue weighted by molar-refractivity contribution is 0.0939. The summed E-state index contributed by atoms with van der Waals surface area (Å²) in [7, 11) is 0. The first kappa shape index (κ1) is 11.9. The van der Waals surface area contributed by atoms with E-state index >= 15 is 0 Å². The van der Waals surface area contributed by atoms with Crippen molar-refractivity contribution >= 4 is 21.7 Å². The largest absolute Gasteiger partial charge is 0.446 e. The van der Waals surface area contributed by atoms with E-state index in [0.717, 1.165) is 13.0 Å². The summed E-state index contributed by atoms with van der Waals surface area (Å²) in [5.41, 5.74) is 0. The molecule has 0 radical (unpaired) electrons. The molecule has 1 fully saturated rings. The van der Waals surface area contributed by atoms with Crippen molar-refractivity contribution in [2.24, 2.45) is 0 Å². The van der Waals surface area contributed by atoms with E-state index in [1.165, 1.54) is 19.3 Å². The van der Waals surface area contributed by atoms with Gasteiger partial charge >= 0.3 is 0 Å². The third-order valence-corrected chi connectivity index (χ3v) is 3.37. The van der Waals surface area contributed by atoms with Gasteiger partial charge in [0, 0.05) is 12.5 Å². The van der Waals surface area contributed by atoms with E-state index in [1.807, 2.05) is 0 Å². The topological polar surface area (TPSA) is 42.2 Å². The first-order chi connectivity index (χ1) is 7.75. The molecular formula is C12H16BrNO2. The Hall–Kier alpha value is -0.610. The Morgan fingerprint density at radius 1 is 1.44 bits per heavy atom. The van der Waals surface area contributed by atoms with Crippen LogP contribution in [0.1, 0.15) is 42.7 Å². The second kappa shape index (κ2) is 5.64.